The van der Waals surface area contributed by atoms with Gasteiger partial charge in [-0.05, 0) is 53.5 Å². The SMILES string of the molecule is C=CCOC(=O)C1=C(C)N=c2sc(=Cc3ccc(C(C)(C)C)cc3)c(=O)n2C1c1ccc(SC)cc1. The maximum Gasteiger partial charge on any atom is 0.338 e. The molecule has 2 heterocycles. The van der Waals surface area contributed by atoms with Gasteiger partial charge in [-0.25, -0.2) is 9.79 Å². The van der Waals surface area contributed by atoms with Gasteiger partial charge in [0.15, 0.2) is 4.80 Å². The number of allylic oxidation sites excluding steroid dienone is 1. The van der Waals surface area contributed by atoms with E-state index in [4.69, 9.17) is 4.74 Å². The molecule has 5 nitrogen and oxygen atoms in total. The molecule has 0 amide bonds. The number of nitrogens with zero attached hydrogens (tertiary/aromatic N) is 2. The van der Waals surface area contributed by atoms with Crippen molar-refractivity contribution in [1.29, 1.82) is 0 Å². The number of carbonyl (C=O) groups is 1. The van der Waals surface area contributed by atoms with E-state index in [0.29, 0.717) is 20.6 Å². The lowest BCUT2D eigenvalue weighted by atomic mass is 9.87. The number of ether oxygens (including phenoxy) is 1. The van der Waals surface area contributed by atoms with Crippen LogP contribution in [-0.2, 0) is 14.9 Å². The fourth-order valence-electron chi connectivity index (χ4n) is 4.13. The molecule has 1 atom stereocenters. The molecule has 0 radical (unpaired) electrons. The van der Waals surface area contributed by atoms with Gasteiger partial charge in [0.1, 0.15) is 6.61 Å². The lowest BCUT2D eigenvalue weighted by Gasteiger charge is -2.24. The third-order valence-electron chi connectivity index (χ3n) is 6.08. The highest BCUT2D eigenvalue weighted by Crippen LogP contribution is 2.31. The average molecular weight is 519 g/mol. The number of hydrogen-bond acceptors (Lipinski definition) is 6. The second-order valence-electron chi connectivity index (χ2n) is 9.61. The molecule has 186 valence electrons. The highest BCUT2D eigenvalue weighted by molar-refractivity contribution is 7.98. The number of benzene rings is 2. The lowest BCUT2D eigenvalue weighted by Crippen LogP contribution is -2.39. The van der Waals surface area contributed by atoms with E-state index in [0.717, 1.165) is 16.0 Å². The Morgan fingerprint density at radius 1 is 1.17 bits per heavy atom. The van der Waals surface area contributed by atoms with E-state index in [1.165, 1.54) is 23.0 Å². The summed E-state index contributed by atoms with van der Waals surface area (Å²) in [4.78, 5) is 33.1. The molecule has 7 heteroatoms. The first-order valence-corrected chi connectivity index (χ1v) is 13.7. The van der Waals surface area contributed by atoms with Crippen LogP contribution in [0.3, 0.4) is 0 Å². The van der Waals surface area contributed by atoms with Crippen LogP contribution in [0.5, 0.6) is 0 Å². The predicted octanol–water partition coefficient (Wildman–Crippen LogP) is 4.98. The highest BCUT2D eigenvalue weighted by atomic mass is 32.2. The largest absolute Gasteiger partial charge is 0.458 e. The van der Waals surface area contributed by atoms with Gasteiger partial charge in [0.25, 0.3) is 5.56 Å². The van der Waals surface area contributed by atoms with Crippen molar-refractivity contribution in [2.45, 2.75) is 44.0 Å². The molecule has 4 rings (SSSR count). The summed E-state index contributed by atoms with van der Waals surface area (Å²) in [6, 6.07) is 15.5. The van der Waals surface area contributed by atoms with Crippen molar-refractivity contribution in [2.24, 2.45) is 4.99 Å². The zero-order chi connectivity index (χ0) is 26.0. The molecule has 1 aromatic heterocycles. The lowest BCUT2D eigenvalue weighted by molar-refractivity contribution is -0.138. The van der Waals surface area contributed by atoms with Gasteiger partial charge in [-0.1, -0.05) is 81.2 Å². The molecule has 0 spiro atoms. The number of fused-ring (bicyclic) bond motifs is 1. The van der Waals surface area contributed by atoms with Crippen LogP contribution in [0.2, 0.25) is 0 Å². The minimum absolute atomic E-state index is 0.0534. The maximum absolute atomic E-state index is 13.7. The summed E-state index contributed by atoms with van der Waals surface area (Å²) in [5, 5.41) is 0. The smallest absolute Gasteiger partial charge is 0.338 e. The Morgan fingerprint density at radius 3 is 2.42 bits per heavy atom. The molecule has 3 aromatic rings. The molecule has 1 aliphatic heterocycles. The maximum atomic E-state index is 13.7. The average Bonchev–Trinajstić information content (AvgIpc) is 3.15. The molecular formula is C29H30N2O3S2. The Morgan fingerprint density at radius 2 is 1.83 bits per heavy atom. The molecule has 1 unspecified atom stereocenters. The number of hydrogen-bond donors (Lipinski definition) is 0. The van der Waals surface area contributed by atoms with Crippen LogP contribution in [-0.4, -0.2) is 23.4 Å². The predicted molar refractivity (Wildman–Crippen MR) is 148 cm³/mol. The van der Waals surface area contributed by atoms with Crippen LogP contribution in [0.1, 0.15) is 50.4 Å². The Balaban J connectivity index is 1.87. The first-order valence-electron chi connectivity index (χ1n) is 11.7. The Kier molecular flexibility index (Phi) is 7.52. The number of thioether (sulfide) groups is 1. The van der Waals surface area contributed by atoms with Gasteiger partial charge in [-0.2, -0.15) is 0 Å². The molecule has 0 saturated carbocycles. The summed E-state index contributed by atoms with van der Waals surface area (Å²) >= 11 is 2.96. The standard InChI is InChI=1S/C29H30N2O3S2/c1-7-16-34-27(33)24-18(2)30-28-31(25(24)20-10-14-22(35-6)15-11-20)26(32)23(36-28)17-19-8-12-21(13-9-19)29(3,4)5/h7-15,17,25H,1,16H2,2-6H3. The molecule has 2 aromatic carbocycles. The molecule has 0 saturated heterocycles. The van der Waals surface area contributed by atoms with E-state index in [9.17, 15) is 9.59 Å². The van der Waals surface area contributed by atoms with Crippen LogP contribution in [0, 0.1) is 0 Å². The minimum Gasteiger partial charge on any atom is -0.458 e. The van der Waals surface area contributed by atoms with Gasteiger partial charge in [-0.15, -0.1) is 11.8 Å². The van der Waals surface area contributed by atoms with Gasteiger partial charge in [0.05, 0.1) is 21.8 Å². The molecular weight excluding hydrogens is 488 g/mol. The molecule has 0 bridgehead atoms. The van der Waals surface area contributed by atoms with E-state index in [1.807, 2.05) is 48.7 Å². The van der Waals surface area contributed by atoms with Crippen LogP contribution in [0.15, 0.2) is 87.1 Å². The van der Waals surface area contributed by atoms with Crippen molar-refractivity contribution in [3.05, 3.63) is 109 Å². The zero-order valence-corrected chi connectivity index (χ0v) is 22.8. The second-order valence-corrected chi connectivity index (χ2v) is 11.5. The van der Waals surface area contributed by atoms with E-state index in [2.05, 4.69) is 44.5 Å². The first-order chi connectivity index (χ1) is 17.1. The highest BCUT2D eigenvalue weighted by Gasteiger charge is 2.33. The zero-order valence-electron chi connectivity index (χ0n) is 21.2. The van der Waals surface area contributed by atoms with Crippen molar-refractivity contribution in [3.63, 3.8) is 0 Å². The van der Waals surface area contributed by atoms with E-state index >= 15 is 0 Å². The first kappa shape index (κ1) is 25.9. The molecule has 0 N–H and O–H groups in total. The monoisotopic (exact) mass is 518 g/mol. The number of thiazole rings is 1. The number of rotatable bonds is 6. The third-order valence-corrected chi connectivity index (χ3v) is 7.81. The van der Waals surface area contributed by atoms with E-state index < -0.39 is 12.0 Å². The summed E-state index contributed by atoms with van der Waals surface area (Å²) in [5.74, 6) is -0.498. The Hall–Kier alpha value is -3.16. The number of aromatic nitrogens is 1. The molecule has 0 aliphatic carbocycles. The van der Waals surface area contributed by atoms with Gasteiger partial charge in [0.2, 0.25) is 0 Å². The van der Waals surface area contributed by atoms with Crippen LogP contribution < -0.4 is 14.9 Å². The second kappa shape index (κ2) is 10.4. The van der Waals surface area contributed by atoms with Gasteiger partial charge >= 0.3 is 5.97 Å². The summed E-state index contributed by atoms with van der Waals surface area (Å²) in [6.07, 6.45) is 5.42. The van der Waals surface area contributed by atoms with Gasteiger partial charge in [-0.3, -0.25) is 9.36 Å². The quantitative estimate of drug-likeness (QED) is 0.262. The van der Waals surface area contributed by atoms with Crippen LogP contribution >= 0.6 is 23.1 Å². The fraction of sp³-hybridized carbons (Fsp3) is 0.276. The molecule has 1 aliphatic rings. The van der Waals surface area contributed by atoms with Crippen molar-refractivity contribution < 1.29 is 9.53 Å². The van der Waals surface area contributed by atoms with Crippen molar-refractivity contribution in [1.82, 2.24) is 4.57 Å². The van der Waals surface area contributed by atoms with Crippen molar-refractivity contribution >= 4 is 35.1 Å². The van der Waals surface area contributed by atoms with Crippen molar-refractivity contribution in [2.75, 3.05) is 12.9 Å². The third kappa shape index (κ3) is 5.18. The van der Waals surface area contributed by atoms with E-state index in [-0.39, 0.29) is 17.6 Å². The molecule has 36 heavy (non-hydrogen) atoms. The van der Waals surface area contributed by atoms with Gasteiger partial charge < -0.3 is 4.74 Å². The summed E-state index contributed by atoms with van der Waals surface area (Å²) < 4.78 is 7.58. The summed E-state index contributed by atoms with van der Waals surface area (Å²) in [6.45, 7) is 12.0. The van der Waals surface area contributed by atoms with Gasteiger partial charge in [0, 0.05) is 4.90 Å². The van der Waals surface area contributed by atoms with Crippen LogP contribution in [0.25, 0.3) is 6.08 Å². The van der Waals surface area contributed by atoms with E-state index in [1.54, 1.807) is 23.3 Å². The normalized spacial score (nSPS) is 15.9. The number of carbonyl (C=O) groups excluding carboxylic acids is 1. The molecule has 0 fully saturated rings. The summed E-state index contributed by atoms with van der Waals surface area (Å²) in [5.41, 5.74) is 3.78. The topological polar surface area (TPSA) is 60.7 Å². The number of esters is 1. The fourth-order valence-corrected chi connectivity index (χ4v) is 5.58. The van der Waals surface area contributed by atoms with Crippen molar-refractivity contribution in [3.8, 4) is 0 Å². The minimum atomic E-state index is -0.625. The Bertz CT molecular complexity index is 1500. The Labute approximate surface area is 219 Å². The van der Waals surface area contributed by atoms with Crippen LogP contribution in [0.4, 0.5) is 0 Å². The summed E-state index contributed by atoms with van der Waals surface area (Å²) in [7, 11) is 0.